The van der Waals surface area contributed by atoms with Gasteiger partial charge in [-0.25, -0.2) is 4.39 Å². The highest BCUT2D eigenvalue weighted by Crippen LogP contribution is 2.20. The van der Waals surface area contributed by atoms with Crippen LogP contribution in [-0.2, 0) is 0 Å². The number of nitrogens with zero attached hydrogens (tertiary/aromatic N) is 1. The summed E-state index contributed by atoms with van der Waals surface area (Å²) in [4.78, 5) is 27.1. The van der Waals surface area contributed by atoms with Crippen LogP contribution in [0.4, 0.5) is 4.39 Å². The molecule has 176 valence electrons. The lowest BCUT2D eigenvalue weighted by Gasteiger charge is -2.32. The molecule has 0 unspecified atom stereocenters. The summed E-state index contributed by atoms with van der Waals surface area (Å²) in [6.07, 6.45) is 1.19. The Kier molecular flexibility index (Phi) is 7.75. The second kappa shape index (κ2) is 11.3. The van der Waals surface area contributed by atoms with Crippen LogP contribution in [0.15, 0.2) is 78.9 Å². The third kappa shape index (κ3) is 5.92. The molecule has 1 N–H and O–H groups in total. The first-order valence-electron chi connectivity index (χ1n) is 11.4. The fourth-order valence-corrected chi connectivity index (χ4v) is 3.90. The largest absolute Gasteiger partial charge is 0.490 e. The maximum Gasteiger partial charge on any atom is 0.256 e. The van der Waals surface area contributed by atoms with Gasteiger partial charge < -0.3 is 19.7 Å². The van der Waals surface area contributed by atoms with Gasteiger partial charge in [-0.05, 0) is 49.2 Å². The van der Waals surface area contributed by atoms with Gasteiger partial charge in [-0.2, -0.15) is 0 Å². The molecule has 0 saturated carbocycles. The van der Waals surface area contributed by atoms with Crippen molar-refractivity contribution in [2.75, 3.05) is 26.3 Å². The molecule has 7 heteroatoms. The lowest BCUT2D eigenvalue weighted by atomic mass is 10.0. The number of nitrogens with one attached hydrogen (secondary N) is 1. The number of carbonyl (C=O) groups is 2. The van der Waals surface area contributed by atoms with Gasteiger partial charge in [-0.15, -0.1) is 0 Å². The van der Waals surface area contributed by atoms with Crippen molar-refractivity contribution >= 4 is 11.8 Å². The number of likely N-dealkylation sites (tertiary alicyclic amines) is 1. The molecule has 1 aliphatic rings. The molecule has 0 aliphatic carbocycles. The molecular weight excluding hydrogens is 435 g/mol. The summed E-state index contributed by atoms with van der Waals surface area (Å²) < 4.78 is 25.4. The molecule has 0 spiro atoms. The van der Waals surface area contributed by atoms with Crippen LogP contribution in [0.25, 0.3) is 0 Å². The predicted octanol–water partition coefficient (Wildman–Crippen LogP) is 4.32. The lowest BCUT2D eigenvalue weighted by Crippen LogP contribution is -2.46. The van der Waals surface area contributed by atoms with E-state index in [-0.39, 0.29) is 23.4 Å². The molecule has 1 fully saturated rings. The summed E-state index contributed by atoms with van der Waals surface area (Å²) in [6, 6.07) is 22.5. The van der Waals surface area contributed by atoms with E-state index < -0.39 is 5.82 Å². The van der Waals surface area contributed by atoms with Crippen molar-refractivity contribution in [2.45, 2.75) is 18.9 Å². The number of carbonyl (C=O) groups excluding carboxylic acids is 2. The first kappa shape index (κ1) is 23.3. The molecule has 0 atom stereocenters. The minimum Gasteiger partial charge on any atom is -0.490 e. The molecule has 4 rings (SSSR count). The molecule has 6 nitrogen and oxygen atoms in total. The molecule has 3 aromatic carbocycles. The number of hydrogen-bond acceptors (Lipinski definition) is 4. The molecular formula is C27H27FN2O4. The summed E-state index contributed by atoms with van der Waals surface area (Å²) in [5.41, 5.74) is 0.527. The van der Waals surface area contributed by atoms with Gasteiger partial charge in [-0.1, -0.05) is 42.5 Å². The Bertz CT molecular complexity index is 1110. The van der Waals surface area contributed by atoms with Gasteiger partial charge in [-0.3, -0.25) is 9.59 Å². The highest BCUT2D eigenvalue weighted by molar-refractivity contribution is 5.97. The average molecular weight is 463 g/mol. The Morgan fingerprint density at radius 1 is 0.824 bits per heavy atom. The van der Waals surface area contributed by atoms with Gasteiger partial charge in [0, 0.05) is 19.1 Å². The van der Waals surface area contributed by atoms with Gasteiger partial charge in [0.15, 0.2) is 0 Å². The molecule has 0 bridgehead atoms. The van der Waals surface area contributed by atoms with Gasteiger partial charge in [0.25, 0.3) is 11.8 Å². The van der Waals surface area contributed by atoms with Crippen LogP contribution in [0, 0.1) is 5.82 Å². The van der Waals surface area contributed by atoms with Crippen LogP contribution in [0.2, 0.25) is 0 Å². The number of halogens is 1. The predicted molar refractivity (Wildman–Crippen MR) is 127 cm³/mol. The highest BCUT2D eigenvalue weighted by Gasteiger charge is 2.26. The molecule has 1 heterocycles. The number of amides is 2. The van der Waals surface area contributed by atoms with Crippen molar-refractivity contribution in [1.82, 2.24) is 10.2 Å². The van der Waals surface area contributed by atoms with Crippen LogP contribution in [0.5, 0.6) is 11.5 Å². The highest BCUT2D eigenvalue weighted by atomic mass is 19.1. The minimum absolute atomic E-state index is 0.0762. The van der Waals surface area contributed by atoms with Crippen molar-refractivity contribution in [1.29, 1.82) is 0 Å². The van der Waals surface area contributed by atoms with Crippen molar-refractivity contribution in [3.05, 3.63) is 95.8 Å². The Balaban J connectivity index is 1.27. The van der Waals surface area contributed by atoms with E-state index in [2.05, 4.69) is 5.32 Å². The van der Waals surface area contributed by atoms with E-state index in [1.54, 1.807) is 35.2 Å². The van der Waals surface area contributed by atoms with E-state index in [0.29, 0.717) is 50.5 Å². The SMILES string of the molecule is O=C(NC1CCN(C(=O)c2ccccc2F)CC1)c1ccccc1OCCOc1ccccc1. The number of benzene rings is 3. The van der Waals surface area contributed by atoms with E-state index in [1.165, 1.54) is 12.1 Å². The molecule has 1 aliphatic heterocycles. The smallest absolute Gasteiger partial charge is 0.256 e. The van der Waals surface area contributed by atoms with Gasteiger partial charge in [0.05, 0.1) is 11.1 Å². The molecule has 3 aromatic rings. The molecule has 0 aromatic heterocycles. The van der Waals surface area contributed by atoms with E-state index >= 15 is 0 Å². The fourth-order valence-electron chi connectivity index (χ4n) is 3.90. The van der Waals surface area contributed by atoms with Gasteiger partial charge in [0.2, 0.25) is 0 Å². The standard InChI is InChI=1S/C27H27FN2O4/c28-24-12-6-4-10-22(24)27(32)30-16-14-20(15-17-30)29-26(31)23-11-5-7-13-25(23)34-19-18-33-21-8-2-1-3-9-21/h1-13,20H,14-19H2,(H,29,31). The summed E-state index contributed by atoms with van der Waals surface area (Å²) in [5.74, 6) is 0.187. The number of rotatable bonds is 8. The quantitative estimate of drug-likeness (QED) is 0.507. The monoisotopic (exact) mass is 462 g/mol. The first-order valence-corrected chi connectivity index (χ1v) is 11.4. The molecule has 1 saturated heterocycles. The maximum atomic E-state index is 13.9. The summed E-state index contributed by atoms with van der Waals surface area (Å²) in [7, 11) is 0. The Hall–Kier alpha value is -3.87. The minimum atomic E-state index is -0.520. The van der Waals surface area contributed by atoms with Crippen molar-refractivity contribution in [3.8, 4) is 11.5 Å². The van der Waals surface area contributed by atoms with E-state index in [1.807, 2.05) is 36.4 Å². The molecule has 34 heavy (non-hydrogen) atoms. The average Bonchev–Trinajstić information content (AvgIpc) is 2.88. The van der Waals surface area contributed by atoms with Gasteiger partial charge >= 0.3 is 0 Å². The van der Waals surface area contributed by atoms with Crippen LogP contribution in [0.1, 0.15) is 33.6 Å². The van der Waals surface area contributed by atoms with Crippen molar-refractivity contribution in [2.24, 2.45) is 0 Å². The van der Waals surface area contributed by atoms with Crippen LogP contribution in [-0.4, -0.2) is 49.1 Å². The molecule has 2 amide bonds. The second-order valence-electron chi connectivity index (χ2n) is 8.03. The van der Waals surface area contributed by atoms with Crippen molar-refractivity contribution < 1.29 is 23.5 Å². The number of piperidine rings is 1. The Morgan fingerprint density at radius 2 is 1.44 bits per heavy atom. The van der Waals surface area contributed by atoms with Crippen LogP contribution < -0.4 is 14.8 Å². The summed E-state index contributed by atoms with van der Waals surface area (Å²) in [5, 5.41) is 3.04. The third-order valence-corrected chi connectivity index (χ3v) is 5.71. The maximum absolute atomic E-state index is 13.9. The Morgan fingerprint density at radius 3 is 2.18 bits per heavy atom. The van der Waals surface area contributed by atoms with E-state index in [0.717, 1.165) is 5.75 Å². The zero-order valence-electron chi connectivity index (χ0n) is 18.8. The van der Waals surface area contributed by atoms with E-state index in [9.17, 15) is 14.0 Å². The topological polar surface area (TPSA) is 67.9 Å². The van der Waals surface area contributed by atoms with Gasteiger partial charge in [0.1, 0.15) is 30.5 Å². The van der Waals surface area contributed by atoms with Crippen molar-refractivity contribution in [3.63, 3.8) is 0 Å². The lowest BCUT2D eigenvalue weighted by molar-refractivity contribution is 0.0693. The van der Waals surface area contributed by atoms with E-state index in [4.69, 9.17) is 9.47 Å². The zero-order chi connectivity index (χ0) is 23.8. The number of para-hydroxylation sites is 2. The fraction of sp³-hybridized carbons (Fsp3) is 0.259. The van der Waals surface area contributed by atoms with Crippen LogP contribution in [0.3, 0.4) is 0 Å². The second-order valence-corrected chi connectivity index (χ2v) is 8.03. The number of hydrogen-bond donors (Lipinski definition) is 1. The summed E-state index contributed by atoms with van der Waals surface area (Å²) in [6.45, 7) is 1.56. The normalized spacial score (nSPS) is 13.9. The Labute approximate surface area is 198 Å². The summed E-state index contributed by atoms with van der Waals surface area (Å²) >= 11 is 0. The number of ether oxygens (including phenoxy) is 2. The zero-order valence-corrected chi connectivity index (χ0v) is 18.8. The first-order chi connectivity index (χ1) is 16.6. The third-order valence-electron chi connectivity index (χ3n) is 5.71. The molecule has 0 radical (unpaired) electrons. The van der Waals surface area contributed by atoms with Crippen LogP contribution >= 0.6 is 0 Å².